The van der Waals surface area contributed by atoms with E-state index in [-0.39, 0.29) is 11.7 Å². The molecule has 0 bridgehead atoms. The summed E-state index contributed by atoms with van der Waals surface area (Å²) in [5.41, 5.74) is 0.119. The van der Waals surface area contributed by atoms with Gasteiger partial charge in [0.05, 0.1) is 12.2 Å². The first-order chi connectivity index (χ1) is 8.59. The van der Waals surface area contributed by atoms with Crippen molar-refractivity contribution in [1.82, 2.24) is 14.8 Å². The fourth-order valence-corrected chi connectivity index (χ4v) is 1.65. The number of rotatable bonds is 4. The van der Waals surface area contributed by atoms with Gasteiger partial charge in [0.1, 0.15) is 12.2 Å². The molecule has 0 fully saturated rings. The van der Waals surface area contributed by atoms with Gasteiger partial charge in [0, 0.05) is 6.04 Å². The van der Waals surface area contributed by atoms with Crippen LogP contribution in [0.4, 0.5) is 14.5 Å². The van der Waals surface area contributed by atoms with Crippen molar-refractivity contribution in [2.45, 2.75) is 26.4 Å². The summed E-state index contributed by atoms with van der Waals surface area (Å²) in [5, 5.41) is 6.88. The number of hydrogen-bond acceptors (Lipinski definition) is 3. The summed E-state index contributed by atoms with van der Waals surface area (Å²) in [6, 6.07) is 4.18. The van der Waals surface area contributed by atoms with Crippen LogP contribution in [0.1, 0.15) is 25.7 Å². The highest BCUT2D eigenvalue weighted by Gasteiger charge is 2.10. The third kappa shape index (κ3) is 2.47. The van der Waals surface area contributed by atoms with Gasteiger partial charge >= 0.3 is 0 Å². The van der Waals surface area contributed by atoms with E-state index < -0.39 is 11.6 Å². The maximum Gasteiger partial charge on any atom is 0.181 e. The molecule has 0 spiro atoms. The molecular formula is C12H14F2N4. The fourth-order valence-electron chi connectivity index (χ4n) is 1.65. The summed E-state index contributed by atoms with van der Waals surface area (Å²) >= 11 is 0. The minimum atomic E-state index is -0.881. The van der Waals surface area contributed by atoms with Crippen LogP contribution in [-0.2, 0) is 6.54 Å². The Morgan fingerprint density at radius 3 is 2.83 bits per heavy atom. The molecule has 2 rings (SSSR count). The molecule has 0 saturated carbocycles. The lowest BCUT2D eigenvalue weighted by Gasteiger charge is -2.11. The summed E-state index contributed by atoms with van der Waals surface area (Å²) in [4.78, 5) is 4.08. The van der Waals surface area contributed by atoms with Crippen LogP contribution in [-0.4, -0.2) is 14.8 Å². The first-order valence-corrected chi connectivity index (χ1v) is 5.66. The summed E-state index contributed by atoms with van der Waals surface area (Å²) in [6.07, 6.45) is 1.44. The van der Waals surface area contributed by atoms with Crippen LogP contribution in [0, 0.1) is 11.6 Å². The summed E-state index contributed by atoms with van der Waals surface area (Å²) in [6.45, 7) is 4.24. The Morgan fingerprint density at radius 1 is 1.33 bits per heavy atom. The van der Waals surface area contributed by atoms with E-state index >= 15 is 0 Å². The normalized spacial score (nSPS) is 10.9. The van der Waals surface area contributed by atoms with E-state index in [0.717, 1.165) is 6.07 Å². The second-order valence-corrected chi connectivity index (χ2v) is 4.17. The first kappa shape index (κ1) is 12.5. The highest BCUT2D eigenvalue weighted by Crippen LogP contribution is 2.17. The lowest BCUT2D eigenvalue weighted by molar-refractivity contribution is 0.503. The zero-order valence-electron chi connectivity index (χ0n) is 10.2. The van der Waals surface area contributed by atoms with Crippen LogP contribution in [0.2, 0.25) is 0 Å². The molecule has 0 amide bonds. The molecule has 1 aromatic heterocycles. The van der Waals surface area contributed by atoms with E-state index in [1.165, 1.54) is 18.5 Å². The molecule has 4 nitrogen and oxygen atoms in total. The third-order valence-corrected chi connectivity index (χ3v) is 2.52. The van der Waals surface area contributed by atoms with Crippen LogP contribution in [0.5, 0.6) is 0 Å². The largest absolute Gasteiger partial charge is 0.375 e. The number of benzene rings is 1. The number of nitrogens with one attached hydrogen (secondary N) is 1. The average Bonchev–Trinajstić information content (AvgIpc) is 2.79. The molecule has 2 aromatic rings. The molecule has 6 heteroatoms. The van der Waals surface area contributed by atoms with Crippen molar-refractivity contribution in [2.75, 3.05) is 5.32 Å². The maximum absolute atomic E-state index is 13.4. The van der Waals surface area contributed by atoms with Crippen LogP contribution in [0.3, 0.4) is 0 Å². The lowest BCUT2D eigenvalue weighted by Crippen LogP contribution is -2.12. The number of anilines is 1. The SMILES string of the molecule is CC(C)n1ncnc1CNc1cccc(F)c1F. The van der Waals surface area contributed by atoms with E-state index in [1.807, 2.05) is 13.8 Å². The van der Waals surface area contributed by atoms with Crippen molar-refractivity contribution in [3.8, 4) is 0 Å². The van der Waals surface area contributed by atoms with Gasteiger partial charge in [0.15, 0.2) is 11.6 Å². The van der Waals surface area contributed by atoms with Gasteiger partial charge in [0.25, 0.3) is 0 Å². The van der Waals surface area contributed by atoms with Crippen molar-refractivity contribution in [1.29, 1.82) is 0 Å². The molecule has 0 aliphatic heterocycles. The van der Waals surface area contributed by atoms with Crippen molar-refractivity contribution in [3.05, 3.63) is 42.0 Å². The van der Waals surface area contributed by atoms with Gasteiger partial charge in [0.2, 0.25) is 0 Å². The summed E-state index contributed by atoms with van der Waals surface area (Å²) in [7, 11) is 0. The zero-order chi connectivity index (χ0) is 13.1. The van der Waals surface area contributed by atoms with E-state index in [1.54, 1.807) is 4.68 Å². The third-order valence-electron chi connectivity index (χ3n) is 2.52. The topological polar surface area (TPSA) is 42.7 Å². The monoisotopic (exact) mass is 252 g/mol. The molecule has 0 radical (unpaired) electrons. The standard InChI is InChI=1S/C12H14F2N4/c1-8(2)18-11(16-7-17-18)6-15-10-5-3-4-9(13)12(10)14/h3-5,7-8,15H,6H2,1-2H3. The van der Waals surface area contributed by atoms with Crippen molar-refractivity contribution in [3.63, 3.8) is 0 Å². The Bertz CT molecular complexity index is 537. The zero-order valence-corrected chi connectivity index (χ0v) is 10.2. The summed E-state index contributed by atoms with van der Waals surface area (Å²) < 4.78 is 28.1. The van der Waals surface area contributed by atoms with Gasteiger partial charge in [-0.25, -0.2) is 18.4 Å². The molecule has 0 saturated heterocycles. The quantitative estimate of drug-likeness (QED) is 0.909. The number of nitrogens with zero attached hydrogens (tertiary/aromatic N) is 3. The molecule has 0 aliphatic rings. The second kappa shape index (κ2) is 5.12. The second-order valence-electron chi connectivity index (χ2n) is 4.17. The van der Waals surface area contributed by atoms with Crippen LogP contribution < -0.4 is 5.32 Å². The number of aromatic nitrogens is 3. The van der Waals surface area contributed by atoms with Gasteiger partial charge in [-0.15, -0.1) is 0 Å². The minimum absolute atomic E-state index is 0.119. The molecule has 96 valence electrons. The van der Waals surface area contributed by atoms with Crippen molar-refractivity contribution < 1.29 is 8.78 Å². The average molecular weight is 252 g/mol. The molecule has 18 heavy (non-hydrogen) atoms. The van der Waals surface area contributed by atoms with Crippen LogP contribution >= 0.6 is 0 Å². The highest BCUT2D eigenvalue weighted by molar-refractivity contribution is 5.44. The predicted octanol–water partition coefficient (Wildman–Crippen LogP) is 2.75. The Labute approximate surface area is 104 Å². The smallest absolute Gasteiger partial charge is 0.181 e. The first-order valence-electron chi connectivity index (χ1n) is 5.66. The van der Waals surface area contributed by atoms with Gasteiger partial charge in [-0.1, -0.05) is 6.07 Å². The van der Waals surface area contributed by atoms with Gasteiger partial charge in [-0.05, 0) is 26.0 Å². The Kier molecular flexibility index (Phi) is 3.55. The van der Waals surface area contributed by atoms with E-state index in [9.17, 15) is 8.78 Å². The lowest BCUT2D eigenvalue weighted by atomic mass is 10.3. The molecule has 0 aliphatic carbocycles. The molecule has 0 unspecified atom stereocenters. The van der Waals surface area contributed by atoms with Crippen molar-refractivity contribution >= 4 is 5.69 Å². The maximum atomic E-state index is 13.4. The van der Waals surface area contributed by atoms with Gasteiger partial charge in [-0.3, -0.25) is 0 Å². The Morgan fingerprint density at radius 2 is 2.11 bits per heavy atom. The number of hydrogen-bond donors (Lipinski definition) is 1. The number of halogens is 2. The van der Waals surface area contributed by atoms with Crippen LogP contribution in [0.25, 0.3) is 0 Å². The van der Waals surface area contributed by atoms with Crippen LogP contribution in [0.15, 0.2) is 24.5 Å². The van der Waals surface area contributed by atoms with E-state index in [4.69, 9.17) is 0 Å². The minimum Gasteiger partial charge on any atom is -0.375 e. The van der Waals surface area contributed by atoms with E-state index in [2.05, 4.69) is 15.4 Å². The van der Waals surface area contributed by atoms with E-state index in [0.29, 0.717) is 12.4 Å². The van der Waals surface area contributed by atoms with Crippen molar-refractivity contribution in [2.24, 2.45) is 0 Å². The predicted molar refractivity (Wildman–Crippen MR) is 64.1 cm³/mol. The summed E-state index contributed by atoms with van der Waals surface area (Å²) in [5.74, 6) is -1.08. The molecule has 0 atom stereocenters. The molecule has 1 heterocycles. The van der Waals surface area contributed by atoms with Gasteiger partial charge in [-0.2, -0.15) is 5.10 Å². The van der Waals surface area contributed by atoms with Gasteiger partial charge < -0.3 is 5.32 Å². The Hall–Kier alpha value is -1.98. The molecular weight excluding hydrogens is 238 g/mol. The Balaban J connectivity index is 2.12. The highest BCUT2D eigenvalue weighted by atomic mass is 19.2. The molecule has 1 N–H and O–H groups in total. The fraction of sp³-hybridized carbons (Fsp3) is 0.333. The molecule has 1 aromatic carbocycles.